The number of nitriles is 1. The molecule has 0 aromatic heterocycles. The molecule has 8 nitrogen and oxygen atoms in total. The summed E-state index contributed by atoms with van der Waals surface area (Å²) in [6.07, 6.45) is 0.0272. The number of carbonyl (C=O) groups excluding carboxylic acids is 3. The summed E-state index contributed by atoms with van der Waals surface area (Å²) in [7, 11) is 0. The molecular formula is C22H24N4O4. The third-order valence-corrected chi connectivity index (χ3v) is 4.08. The van der Waals surface area contributed by atoms with Crippen molar-refractivity contribution >= 4 is 23.4 Å². The highest BCUT2D eigenvalue weighted by Gasteiger charge is 2.17. The fraction of sp³-hybridized carbons (Fsp3) is 0.273. The summed E-state index contributed by atoms with van der Waals surface area (Å²) in [5, 5.41) is 8.81. The van der Waals surface area contributed by atoms with E-state index in [2.05, 4.69) is 10.9 Å². The zero-order valence-corrected chi connectivity index (χ0v) is 16.8. The van der Waals surface area contributed by atoms with E-state index in [9.17, 15) is 14.4 Å². The highest BCUT2D eigenvalue weighted by molar-refractivity contribution is 5.95. The zero-order chi connectivity index (χ0) is 21.8. The van der Waals surface area contributed by atoms with Gasteiger partial charge in [-0.05, 0) is 36.8 Å². The predicted octanol–water partition coefficient (Wildman–Crippen LogP) is 2.25. The Morgan fingerprint density at radius 3 is 2.43 bits per heavy atom. The molecule has 0 saturated carbocycles. The SMILES string of the molecule is Cc1cccc(OCC(=O)NNC(=O)CCC(=O)N(CCC#N)c2ccccc2)c1. The van der Waals surface area contributed by atoms with Crippen molar-refractivity contribution in [2.75, 3.05) is 18.1 Å². The summed E-state index contributed by atoms with van der Waals surface area (Å²) in [6, 6.07) is 18.2. The molecule has 0 unspecified atom stereocenters. The lowest BCUT2D eigenvalue weighted by Gasteiger charge is -2.21. The minimum Gasteiger partial charge on any atom is -0.484 e. The molecule has 0 aliphatic carbocycles. The fourth-order valence-electron chi connectivity index (χ4n) is 2.61. The van der Waals surface area contributed by atoms with Crippen LogP contribution in [0.3, 0.4) is 0 Å². The Balaban J connectivity index is 1.75. The van der Waals surface area contributed by atoms with Gasteiger partial charge < -0.3 is 9.64 Å². The smallest absolute Gasteiger partial charge is 0.276 e. The van der Waals surface area contributed by atoms with Gasteiger partial charge in [-0.3, -0.25) is 25.2 Å². The number of hydrogen-bond acceptors (Lipinski definition) is 5. The summed E-state index contributed by atoms with van der Waals surface area (Å²) >= 11 is 0. The first-order valence-electron chi connectivity index (χ1n) is 9.49. The second-order valence-electron chi connectivity index (χ2n) is 6.49. The summed E-state index contributed by atoms with van der Waals surface area (Å²) in [4.78, 5) is 37.7. The molecule has 2 aromatic carbocycles. The van der Waals surface area contributed by atoms with Gasteiger partial charge in [-0.1, -0.05) is 30.3 Å². The van der Waals surface area contributed by atoms with Gasteiger partial charge in [-0.25, -0.2) is 0 Å². The number of aryl methyl sites for hydroxylation is 1. The van der Waals surface area contributed by atoms with Gasteiger partial charge in [0, 0.05) is 25.1 Å². The summed E-state index contributed by atoms with van der Waals surface area (Å²) in [6.45, 7) is 1.90. The van der Waals surface area contributed by atoms with Gasteiger partial charge in [-0.2, -0.15) is 5.26 Å². The van der Waals surface area contributed by atoms with Crippen molar-refractivity contribution in [3.8, 4) is 11.8 Å². The molecule has 0 bridgehead atoms. The molecule has 0 saturated heterocycles. The van der Waals surface area contributed by atoms with Gasteiger partial charge in [0.25, 0.3) is 5.91 Å². The molecule has 0 atom stereocenters. The molecule has 2 N–H and O–H groups in total. The number of anilines is 1. The van der Waals surface area contributed by atoms with Crippen LogP contribution in [0, 0.1) is 18.3 Å². The first-order valence-corrected chi connectivity index (χ1v) is 9.49. The quantitative estimate of drug-likeness (QED) is 0.618. The van der Waals surface area contributed by atoms with E-state index in [-0.39, 0.29) is 38.3 Å². The lowest BCUT2D eigenvalue weighted by molar-refractivity contribution is -0.130. The van der Waals surface area contributed by atoms with Crippen molar-refractivity contribution in [3.05, 3.63) is 60.2 Å². The molecule has 0 spiro atoms. The number of para-hydroxylation sites is 1. The molecule has 8 heteroatoms. The largest absolute Gasteiger partial charge is 0.484 e. The maximum atomic E-state index is 12.5. The van der Waals surface area contributed by atoms with Gasteiger partial charge in [-0.15, -0.1) is 0 Å². The third-order valence-electron chi connectivity index (χ3n) is 4.08. The second kappa shape index (κ2) is 11.9. The number of nitrogens with one attached hydrogen (secondary N) is 2. The Hall–Kier alpha value is -3.86. The van der Waals surface area contributed by atoms with Gasteiger partial charge in [0.1, 0.15) is 5.75 Å². The Kier molecular flexibility index (Phi) is 8.87. The molecular weight excluding hydrogens is 384 g/mol. The topological polar surface area (TPSA) is 112 Å². The minimum absolute atomic E-state index is 0.0538. The van der Waals surface area contributed by atoms with Crippen LogP contribution in [0.5, 0.6) is 5.75 Å². The van der Waals surface area contributed by atoms with Crippen molar-refractivity contribution in [3.63, 3.8) is 0 Å². The summed E-state index contributed by atoms with van der Waals surface area (Å²) in [5.74, 6) is -0.738. The minimum atomic E-state index is -0.517. The molecule has 0 heterocycles. The molecule has 156 valence electrons. The first kappa shape index (κ1) is 22.4. The Bertz CT molecular complexity index is 909. The van der Waals surface area contributed by atoms with Crippen molar-refractivity contribution in [1.82, 2.24) is 10.9 Å². The fourth-order valence-corrected chi connectivity index (χ4v) is 2.61. The second-order valence-corrected chi connectivity index (χ2v) is 6.49. The number of amides is 3. The van der Waals surface area contributed by atoms with Gasteiger partial charge in [0.2, 0.25) is 11.8 Å². The average molecular weight is 408 g/mol. The molecule has 2 aromatic rings. The van der Waals surface area contributed by atoms with Crippen LogP contribution in [0.1, 0.15) is 24.8 Å². The van der Waals surface area contributed by atoms with E-state index < -0.39 is 11.8 Å². The Morgan fingerprint density at radius 2 is 1.73 bits per heavy atom. The molecule has 30 heavy (non-hydrogen) atoms. The van der Waals surface area contributed by atoms with E-state index in [1.54, 1.807) is 36.4 Å². The van der Waals surface area contributed by atoms with Gasteiger partial charge in [0.05, 0.1) is 12.5 Å². The number of carbonyl (C=O) groups is 3. The molecule has 0 fully saturated rings. The molecule has 2 rings (SSSR count). The number of nitrogens with zero attached hydrogens (tertiary/aromatic N) is 2. The van der Waals surface area contributed by atoms with Crippen molar-refractivity contribution in [2.24, 2.45) is 0 Å². The van der Waals surface area contributed by atoms with Crippen LogP contribution in [0.2, 0.25) is 0 Å². The van der Waals surface area contributed by atoms with E-state index in [0.717, 1.165) is 5.56 Å². The van der Waals surface area contributed by atoms with Gasteiger partial charge in [0.15, 0.2) is 6.61 Å². The monoisotopic (exact) mass is 408 g/mol. The van der Waals surface area contributed by atoms with Crippen LogP contribution in [-0.4, -0.2) is 30.9 Å². The maximum Gasteiger partial charge on any atom is 0.276 e. The van der Waals surface area contributed by atoms with E-state index in [1.807, 2.05) is 31.2 Å². The van der Waals surface area contributed by atoms with Crippen LogP contribution >= 0.6 is 0 Å². The standard InChI is InChI=1S/C22H24N4O4/c1-17-7-5-10-19(15-17)30-16-21(28)25-24-20(27)11-12-22(29)26(14-6-13-23)18-8-3-2-4-9-18/h2-5,7-10,15H,6,11-12,14,16H2,1H3,(H,24,27)(H,25,28). The number of hydrazine groups is 1. The predicted molar refractivity (Wildman–Crippen MR) is 111 cm³/mol. The molecule has 3 amide bonds. The van der Waals surface area contributed by atoms with E-state index >= 15 is 0 Å². The zero-order valence-electron chi connectivity index (χ0n) is 16.8. The number of benzene rings is 2. The number of ether oxygens (including phenoxy) is 1. The van der Waals surface area contributed by atoms with Gasteiger partial charge >= 0.3 is 0 Å². The van der Waals surface area contributed by atoms with E-state index in [1.165, 1.54) is 4.90 Å². The Morgan fingerprint density at radius 1 is 1.00 bits per heavy atom. The number of rotatable bonds is 9. The third kappa shape index (κ3) is 7.64. The van der Waals surface area contributed by atoms with Crippen LogP contribution in [0.15, 0.2) is 54.6 Å². The maximum absolute atomic E-state index is 12.5. The lowest BCUT2D eigenvalue weighted by atomic mass is 10.2. The highest BCUT2D eigenvalue weighted by atomic mass is 16.5. The summed E-state index contributed by atoms with van der Waals surface area (Å²) < 4.78 is 5.35. The first-order chi connectivity index (χ1) is 14.5. The number of hydrogen-bond donors (Lipinski definition) is 2. The summed E-state index contributed by atoms with van der Waals surface area (Å²) in [5.41, 5.74) is 6.19. The normalized spacial score (nSPS) is 9.87. The van der Waals surface area contributed by atoms with Crippen molar-refractivity contribution < 1.29 is 19.1 Å². The Labute approximate surface area is 175 Å². The van der Waals surface area contributed by atoms with Crippen LogP contribution in [0.4, 0.5) is 5.69 Å². The van der Waals surface area contributed by atoms with Crippen LogP contribution in [-0.2, 0) is 14.4 Å². The van der Waals surface area contributed by atoms with Crippen molar-refractivity contribution in [1.29, 1.82) is 5.26 Å². The van der Waals surface area contributed by atoms with E-state index in [0.29, 0.717) is 11.4 Å². The van der Waals surface area contributed by atoms with E-state index in [4.69, 9.17) is 10.00 Å². The average Bonchev–Trinajstić information content (AvgIpc) is 2.76. The molecule has 0 radical (unpaired) electrons. The highest BCUT2D eigenvalue weighted by Crippen LogP contribution is 2.15. The molecule has 0 aliphatic heterocycles. The molecule has 0 aliphatic rings. The van der Waals surface area contributed by atoms with Crippen molar-refractivity contribution in [2.45, 2.75) is 26.2 Å². The van der Waals surface area contributed by atoms with Crippen LogP contribution < -0.4 is 20.5 Å². The lowest BCUT2D eigenvalue weighted by Crippen LogP contribution is -2.44. The van der Waals surface area contributed by atoms with Crippen LogP contribution in [0.25, 0.3) is 0 Å².